The lowest BCUT2D eigenvalue weighted by molar-refractivity contribution is 0.0947. The van der Waals surface area contributed by atoms with Crippen molar-refractivity contribution in [2.45, 2.75) is 25.7 Å². The van der Waals surface area contributed by atoms with E-state index < -0.39 is 0 Å². The highest BCUT2D eigenvalue weighted by atomic mass is 16.5. The second-order valence-corrected chi connectivity index (χ2v) is 4.82. The number of carbonyl (C=O) groups is 1. The standard InChI is InChI=1S/C14H20N2O2/c1-18-13-7-6-11(8-12(13)15)14(17)16-9-10-4-2-3-5-10/h6-8,10H,2-5,9,15H2,1H3,(H,16,17). The maximum atomic E-state index is 11.9. The van der Waals surface area contributed by atoms with Gasteiger partial charge in [-0.1, -0.05) is 12.8 Å². The van der Waals surface area contributed by atoms with Crippen molar-refractivity contribution in [1.29, 1.82) is 0 Å². The van der Waals surface area contributed by atoms with Crippen LogP contribution in [-0.4, -0.2) is 19.6 Å². The fourth-order valence-electron chi connectivity index (χ4n) is 2.43. The molecule has 2 rings (SSSR count). The van der Waals surface area contributed by atoms with Crippen molar-refractivity contribution in [2.24, 2.45) is 5.92 Å². The van der Waals surface area contributed by atoms with Crippen LogP contribution in [0.5, 0.6) is 5.75 Å². The Morgan fingerprint density at radius 1 is 1.44 bits per heavy atom. The predicted molar refractivity (Wildman–Crippen MR) is 71.7 cm³/mol. The minimum atomic E-state index is -0.0590. The zero-order chi connectivity index (χ0) is 13.0. The van der Waals surface area contributed by atoms with Gasteiger partial charge in [0.15, 0.2) is 0 Å². The van der Waals surface area contributed by atoms with Gasteiger partial charge in [-0.3, -0.25) is 4.79 Å². The number of amides is 1. The van der Waals surface area contributed by atoms with Crippen molar-refractivity contribution in [3.8, 4) is 5.75 Å². The number of anilines is 1. The first-order valence-corrected chi connectivity index (χ1v) is 6.42. The molecule has 0 unspecified atom stereocenters. The molecular formula is C14H20N2O2. The number of nitrogens with two attached hydrogens (primary N) is 1. The number of nitrogens with one attached hydrogen (secondary N) is 1. The van der Waals surface area contributed by atoms with Crippen molar-refractivity contribution < 1.29 is 9.53 Å². The van der Waals surface area contributed by atoms with Crippen molar-refractivity contribution >= 4 is 11.6 Å². The van der Waals surface area contributed by atoms with Gasteiger partial charge in [0.05, 0.1) is 12.8 Å². The summed E-state index contributed by atoms with van der Waals surface area (Å²) in [6.07, 6.45) is 5.03. The molecule has 98 valence electrons. The Labute approximate surface area is 108 Å². The number of nitrogen functional groups attached to an aromatic ring is 1. The molecule has 1 aromatic rings. The van der Waals surface area contributed by atoms with E-state index in [-0.39, 0.29) is 5.91 Å². The average molecular weight is 248 g/mol. The second kappa shape index (κ2) is 5.76. The van der Waals surface area contributed by atoms with Crippen LogP contribution >= 0.6 is 0 Å². The number of carbonyl (C=O) groups excluding carboxylic acids is 1. The Bertz CT molecular complexity index is 426. The van der Waals surface area contributed by atoms with E-state index in [0.717, 1.165) is 6.54 Å². The first kappa shape index (κ1) is 12.7. The molecule has 1 aromatic carbocycles. The van der Waals surface area contributed by atoms with Gasteiger partial charge in [-0.25, -0.2) is 0 Å². The molecule has 0 bridgehead atoms. The fraction of sp³-hybridized carbons (Fsp3) is 0.500. The van der Waals surface area contributed by atoms with E-state index in [2.05, 4.69) is 5.32 Å². The van der Waals surface area contributed by atoms with Crippen molar-refractivity contribution in [3.05, 3.63) is 23.8 Å². The minimum Gasteiger partial charge on any atom is -0.495 e. The second-order valence-electron chi connectivity index (χ2n) is 4.82. The van der Waals surface area contributed by atoms with Gasteiger partial charge in [-0.2, -0.15) is 0 Å². The Morgan fingerprint density at radius 2 is 2.17 bits per heavy atom. The predicted octanol–water partition coefficient (Wildman–Crippen LogP) is 2.20. The van der Waals surface area contributed by atoms with Crippen LogP contribution in [0.1, 0.15) is 36.0 Å². The van der Waals surface area contributed by atoms with E-state index in [1.54, 1.807) is 25.3 Å². The molecule has 0 aromatic heterocycles. The van der Waals surface area contributed by atoms with E-state index >= 15 is 0 Å². The van der Waals surface area contributed by atoms with Crippen molar-refractivity contribution in [1.82, 2.24) is 5.32 Å². The topological polar surface area (TPSA) is 64.3 Å². The summed E-state index contributed by atoms with van der Waals surface area (Å²) < 4.78 is 5.06. The SMILES string of the molecule is COc1ccc(C(=O)NCC2CCCC2)cc1N. The zero-order valence-electron chi connectivity index (χ0n) is 10.7. The summed E-state index contributed by atoms with van der Waals surface area (Å²) in [5.41, 5.74) is 6.86. The van der Waals surface area contributed by atoms with E-state index in [1.165, 1.54) is 25.7 Å². The third-order valence-electron chi connectivity index (χ3n) is 3.52. The monoisotopic (exact) mass is 248 g/mol. The van der Waals surface area contributed by atoms with Crippen LogP contribution in [0.4, 0.5) is 5.69 Å². The summed E-state index contributed by atoms with van der Waals surface area (Å²) in [4.78, 5) is 11.9. The third kappa shape index (κ3) is 2.94. The fourth-order valence-corrected chi connectivity index (χ4v) is 2.43. The van der Waals surface area contributed by atoms with Crippen LogP contribution in [0, 0.1) is 5.92 Å². The quantitative estimate of drug-likeness (QED) is 0.803. The molecule has 0 atom stereocenters. The summed E-state index contributed by atoms with van der Waals surface area (Å²) in [6.45, 7) is 0.769. The molecule has 4 nitrogen and oxygen atoms in total. The van der Waals surface area contributed by atoms with Gasteiger partial charge in [0, 0.05) is 12.1 Å². The largest absolute Gasteiger partial charge is 0.495 e. The number of methoxy groups -OCH3 is 1. The highest BCUT2D eigenvalue weighted by molar-refractivity contribution is 5.95. The molecule has 1 aliphatic rings. The van der Waals surface area contributed by atoms with Crippen LogP contribution in [0.3, 0.4) is 0 Å². The van der Waals surface area contributed by atoms with Gasteiger partial charge in [-0.15, -0.1) is 0 Å². The average Bonchev–Trinajstić information content (AvgIpc) is 2.89. The van der Waals surface area contributed by atoms with Crippen molar-refractivity contribution in [2.75, 3.05) is 19.4 Å². The van der Waals surface area contributed by atoms with Gasteiger partial charge in [0.1, 0.15) is 5.75 Å². The number of benzene rings is 1. The van der Waals surface area contributed by atoms with Crippen LogP contribution in [0.2, 0.25) is 0 Å². The highest BCUT2D eigenvalue weighted by Gasteiger charge is 2.16. The summed E-state index contributed by atoms with van der Waals surface area (Å²) in [5, 5.41) is 2.97. The Morgan fingerprint density at radius 3 is 2.78 bits per heavy atom. The van der Waals surface area contributed by atoms with E-state index in [9.17, 15) is 4.79 Å². The van der Waals surface area contributed by atoms with Gasteiger partial charge < -0.3 is 15.8 Å². The third-order valence-corrected chi connectivity index (χ3v) is 3.52. The molecule has 1 saturated carbocycles. The summed E-state index contributed by atoms with van der Waals surface area (Å²) in [6, 6.07) is 5.11. The van der Waals surface area contributed by atoms with Gasteiger partial charge in [0.2, 0.25) is 0 Å². The number of hydrogen-bond donors (Lipinski definition) is 2. The van der Waals surface area contributed by atoms with Crippen LogP contribution < -0.4 is 15.8 Å². The summed E-state index contributed by atoms with van der Waals surface area (Å²) >= 11 is 0. The van der Waals surface area contributed by atoms with Crippen LogP contribution in [0.25, 0.3) is 0 Å². The van der Waals surface area contributed by atoms with Crippen LogP contribution in [-0.2, 0) is 0 Å². The van der Waals surface area contributed by atoms with E-state index in [4.69, 9.17) is 10.5 Å². The molecule has 4 heteroatoms. The van der Waals surface area contributed by atoms with Gasteiger partial charge >= 0.3 is 0 Å². The molecule has 0 heterocycles. The Hall–Kier alpha value is -1.71. The van der Waals surface area contributed by atoms with E-state index in [0.29, 0.717) is 22.9 Å². The maximum Gasteiger partial charge on any atom is 0.251 e. The maximum absolute atomic E-state index is 11.9. The lowest BCUT2D eigenvalue weighted by Crippen LogP contribution is -2.28. The Balaban J connectivity index is 1.93. The molecule has 1 fully saturated rings. The summed E-state index contributed by atoms with van der Waals surface area (Å²) in [5.74, 6) is 1.18. The number of ether oxygens (including phenoxy) is 1. The first-order chi connectivity index (χ1) is 8.70. The number of rotatable bonds is 4. The van der Waals surface area contributed by atoms with E-state index in [1.807, 2.05) is 0 Å². The molecule has 18 heavy (non-hydrogen) atoms. The molecule has 0 saturated heterocycles. The van der Waals surface area contributed by atoms with Gasteiger partial charge in [-0.05, 0) is 37.0 Å². The summed E-state index contributed by atoms with van der Waals surface area (Å²) in [7, 11) is 1.56. The molecule has 0 aliphatic heterocycles. The minimum absolute atomic E-state index is 0.0590. The number of hydrogen-bond acceptors (Lipinski definition) is 3. The molecule has 0 radical (unpaired) electrons. The molecule has 1 amide bonds. The molecule has 1 aliphatic carbocycles. The smallest absolute Gasteiger partial charge is 0.251 e. The lowest BCUT2D eigenvalue weighted by Gasteiger charge is -2.11. The molecule has 0 spiro atoms. The Kier molecular flexibility index (Phi) is 4.07. The van der Waals surface area contributed by atoms with Crippen LogP contribution in [0.15, 0.2) is 18.2 Å². The lowest BCUT2D eigenvalue weighted by atomic mass is 10.1. The highest BCUT2D eigenvalue weighted by Crippen LogP contribution is 2.24. The first-order valence-electron chi connectivity index (χ1n) is 6.42. The zero-order valence-corrected chi connectivity index (χ0v) is 10.7. The van der Waals surface area contributed by atoms with Crippen molar-refractivity contribution in [3.63, 3.8) is 0 Å². The van der Waals surface area contributed by atoms with Gasteiger partial charge in [0.25, 0.3) is 5.91 Å². The molecular weight excluding hydrogens is 228 g/mol. The molecule has 3 N–H and O–H groups in total. The normalized spacial score (nSPS) is 15.6.